The second kappa shape index (κ2) is 6.44. The molecule has 4 bridgehead atoms. The molecule has 0 amide bonds. The summed E-state index contributed by atoms with van der Waals surface area (Å²) in [6.07, 6.45) is 11.9. The van der Waals surface area contributed by atoms with Crippen LogP contribution in [0, 0.1) is 35.5 Å². The standard InChI is InChI=1S/C21H30O4/c1-3-21(11-15-5-7-17(21)9-15)25-19(22)13(2)12-24-20(23)18-10-14-4-6-16(18)8-14/h4,6,13-18H,3,5,7-12H2,1-2H3. The molecule has 4 aliphatic carbocycles. The minimum Gasteiger partial charge on any atom is -0.465 e. The number of ether oxygens (including phenoxy) is 2. The van der Waals surface area contributed by atoms with Gasteiger partial charge in [-0.3, -0.25) is 9.59 Å². The van der Waals surface area contributed by atoms with E-state index in [1.807, 2.05) is 6.92 Å². The van der Waals surface area contributed by atoms with Crippen molar-refractivity contribution in [3.8, 4) is 0 Å². The van der Waals surface area contributed by atoms with Gasteiger partial charge < -0.3 is 9.47 Å². The third kappa shape index (κ3) is 3.02. The maximum absolute atomic E-state index is 12.6. The van der Waals surface area contributed by atoms with Crippen molar-refractivity contribution in [1.29, 1.82) is 0 Å². The normalized spacial score (nSPS) is 41.9. The first-order chi connectivity index (χ1) is 12.0. The van der Waals surface area contributed by atoms with Crippen LogP contribution < -0.4 is 0 Å². The Labute approximate surface area is 150 Å². The van der Waals surface area contributed by atoms with Crippen LogP contribution in [0.5, 0.6) is 0 Å². The van der Waals surface area contributed by atoms with Gasteiger partial charge in [-0.2, -0.15) is 0 Å². The van der Waals surface area contributed by atoms with E-state index >= 15 is 0 Å². The average molecular weight is 346 g/mol. The highest BCUT2D eigenvalue weighted by Crippen LogP contribution is 2.54. The molecular formula is C21H30O4. The lowest BCUT2D eigenvalue weighted by atomic mass is 9.82. The molecule has 0 aromatic heterocycles. The molecular weight excluding hydrogens is 316 g/mol. The molecule has 0 saturated heterocycles. The molecule has 7 unspecified atom stereocenters. The Bertz CT molecular complexity index is 582. The summed E-state index contributed by atoms with van der Waals surface area (Å²) in [5.41, 5.74) is -0.256. The number of carbonyl (C=O) groups is 2. The van der Waals surface area contributed by atoms with Crippen molar-refractivity contribution in [2.45, 2.75) is 64.4 Å². The number of fused-ring (bicyclic) bond motifs is 4. The van der Waals surface area contributed by atoms with E-state index < -0.39 is 0 Å². The fourth-order valence-electron chi connectivity index (χ4n) is 5.76. The molecule has 3 fully saturated rings. The molecule has 0 radical (unpaired) electrons. The van der Waals surface area contributed by atoms with Crippen LogP contribution in [0.15, 0.2) is 12.2 Å². The number of carbonyl (C=O) groups excluding carboxylic acids is 2. The van der Waals surface area contributed by atoms with Gasteiger partial charge in [0.1, 0.15) is 12.2 Å². The predicted octanol–water partition coefficient (Wildman–Crippen LogP) is 3.89. The van der Waals surface area contributed by atoms with E-state index in [-0.39, 0.29) is 36.0 Å². The number of rotatable bonds is 6. The average Bonchev–Trinajstić information content (AvgIpc) is 3.39. The van der Waals surface area contributed by atoms with Crippen LogP contribution in [0.25, 0.3) is 0 Å². The van der Waals surface area contributed by atoms with Gasteiger partial charge in [0.15, 0.2) is 0 Å². The Hall–Kier alpha value is -1.32. The number of hydrogen-bond acceptors (Lipinski definition) is 4. The molecule has 25 heavy (non-hydrogen) atoms. The molecule has 0 heterocycles. The van der Waals surface area contributed by atoms with Crippen molar-refractivity contribution in [3.63, 3.8) is 0 Å². The summed E-state index contributed by atoms with van der Waals surface area (Å²) < 4.78 is 11.5. The molecule has 4 heteroatoms. The Morgan fingerprint density at radius 1 is 1.20 bits per heavy atom. The lowest BCUT2D eigenvalue weighted by Gasteiger charge is -2.37. The van der Waals surface area contributed by atoms with E-state index in [9.17, 15) is 9.59 Å². The maximum atomic E-state index is 12.6. The fraction of sp³-hybridized carbons (Fsp3) is 0.810. The second-order valence-electron chi connectivity index (χ2n) is 8.84. The highest BCUT2D eigenvalue weighted by Gasteiger charge is 2.52. The van der Waals surface area contributed by atoms with Crippen molar-refractivity contribution < 1.29 is 19.1 Å². The van der Waals surface area contributed by atoms with Gasteiger partial charge in [0.05, 0.1) is 11.8 Å². The lowest BCUT2D eigenvalue weighted by Crippen LogP contribution is -2.41. The Kier molecular flexibility index (Phi) is 4.41. The monoisotopic (exact) mass is 346 g/mol. The lowest BCUT2D eigenvalue weighted by molar-refractivity contribution is -0.174. The molecule has 7 atom stereocenters. The minimum atomic E-state index is -0.388. The summed E-state index contributed by atoms with van der Waals surface area (Å²) in [7, 11) is 0. The molecule has 138 valence electrons. The van der Waals surface area contributed by atoms with Crippen molar-refractivity contribution >= 4 is 11.9 Å². The molecule has 4 nitrogen and oxygen atoms in total. The van der Waals surface area contributed by atoms with Crippen molar-refractivity contribution in [2.24, 2.45) is 35.5 Å². The van der Waals surface area contributed by atoms with Crippen LogP contribution in [-0.4, -0.2) is 24.1 Å². The number of hydrogen-bond donors (Lipinski definition) is 0. The summed E-state index contributed by atoms with van der Waals surface area (Å²) in [5, 5.41) is 0. The van der Waals surface area contributed by atoms with Crippen LogP contribution in [0.1, 0.15) is 58.8 Å². The molecule has 4 rings (SSSR count). The first-order valence-corrected chi connectivity index (χ1v) is 10.1. The Morgan fingerprint density at radius 3 is 2.60 bits per heavy atom. The van der Waals surface area contributed by atoms with Crippen molar-refractivity contribution in [2.75, 3.05) is 6.61 Å². The first-order valence-electron chi connectivity index (χ1n) is 10.1. The van der Waals surface area contributed by atoms with Gasteiger partial charge in [-0.15, -0.1) is 0 Å². The summed E-state index contributed by atoms with van der Waals surface area (Å²) in [6, 6.07) is 0. The third-order valence-corrected chi connectivity index (χ3v) is 7.28. The zero-order valence-electron chi connectivity index (χ0n) is 15.4. The molecule has 0 aromatic rings. The zero-order valence-corrected chi connectivity index (χ0v) is 15.4. The minimum absolute atomic E-state index is 0.00855. The van der Waals surface area contributed by atoms with Crippen LogP contribution >= 0.6 is 0 Å². The van der Waals surface area contributed by atoms with Gasteiger partial charge in [0.2, 0.25) is 0 Å². The summed E-state index contributed by atoms with van der Waals surface area (Å²) in [6.45, 7) is 4.08. The van der Waals surface area contributed by atoms with E-state index in [0.717, 1.165) is 31.6 Å². The van der Waals surface area contributed by atoms with E-state index in [1.165, 1.54) is 19.3 Å². The van der Waals surface area contributed by atoms with Gasteiger partial charge in [-0.05, 0) is 75.5 Å². The predicted molar refractivity (Wildman–Crippen MR) is 93.5 cm³/mol. The van der Waals surface area contributed by atoms with Crippen LogP contribution in [0.2, 0.25) is 0 Å². The van der Waals surface area contributed by atoms with Crippen molar-refractivity contribution in [1.82, 2.24) is 0 Å². The Balaban J connectivity index is 1.28. The smallest absolute Gasteiger partial charge is 0.312 e. The highest BCUT2D eigenvalue weighted by molar-refractivity contribution is 5.76. The molecule has 0 N–H and O–H groups in total. The van der Waals surface area contributed by atoms with Crippen LogP contribution in [-0.2, 0) is 19.1 Å². The fourth-order valence-corrected chi connectivity index (χ4v) is 5.76. The summed E-state index contributed by atoms with van der Waals surface area (Å²) in [5.74, 6) is 1.42. The zero-order chi connectivity index (χ0) is 17.6. The molecule has 3 saturated carbocycles. The number of allylic oxidation sites excluding steroid dienone is 2. The quantitative estimate of drug-likeness (QED) is 0.541. The largest absolute Gasteiger partial charge is 0.465 e. The maximum Gasteiger partial charge on any atom is 0.312 e. The second-order valence-corrected chi connectivity index (χ2v) is 8.84. The van der Waals surface area contributed by atoms with E-state index in [4.69, 9.17) is 9.47 Å². The summed E-state index contributed by atoms with van der Waals surface area (Å²) in [4.78, 5) is 24.9. The Morgan fingerprint density at radius 2 is 2.04 bits per heavy atom. The van der Waals surface area contributed by atoms with Crippen LogP contribution in [0.4, 0.5) is 0 Å². The van der Waals surface area contributed by atoms with E-state index in [1.54, 1.807) is 0 Å². The molecule has 0 aliphatic heterocycles. The number of esters is 2. The highest BCUT2D eigenvalue weighted by atomic mass is 16.6. The summed E-state index contributed by atoms with van der Waals surface area (Å²) >= 11 is 0. The van der Waals surface area contributed by atoms with Crippen molar-refractivity contribution in [3.05, 3.63) is 12.2 Å². The van der Waals surface area contributed by atoms with Gasteiger partial charge in [0.25, 0.3) is 0 Å². The van der Waals surface area contributed by atoms with Crippen LogP contribution in [0.3, 0.4) is 0 Å². The van der Waals surface area contributed by atoms with E-state index in [0.29, 0.717) is 17.8 Å². The van der Waals surface area contributed by atoms with Gasteiger partial charge >= 0.3 is 11.9 Å². The van der Waals surface area contributed by atoms with Gasteiger partial charge in [-0.1, -0.05) is 19.1 Å². The first kappa shape index (κ1) is 17.1. The molecule has 0 spiro atoms. The molecule has 4 aliphatic rings. The topological polar surface area (TPSA) is 52.6 Å². The third-order valence-electron chi connectivity index (χ3n) is 7.28. The SMILES string of the molecule is CCC1(OC(=O)C(C)COC(=O)C2CC3C=CC2C3)CC2CCC1C2. The molecule has 0 aromatic carbocycles. The van der Waals surface area contributed by atoms with E-state index in [2.05, 4.69) is 19.1 Å². The van der Waals surface area contributed by atoms with Gasteiger partial charge in [0, 0.05) is 0 Å². The van der Waals surface area contributed by atoms with Gasteiger partial charge in [-0.25, -0.2) is 0 Å².